The Hall–Kier alpha value is -3.88. The van der Waals surface area contributed by atoms with Crippen LogP contribution in [0.2, 0.25) is 0 Å². The summed E-state index contributed by atoms with van der Waals surface area (Å²) >= 11 is 0. The summed E-state index contributed by atoms with van der Waals surface area (Å²) in [5.74, 6) is 0.181. The van der Waals surface area contributed by atoms with Crippen LogP contribution in [0.4, 0.5) is 0 Å². The van der Waals surface area contributed by atoms with Gasteiger partial charge in [-0.3, -0.25) is 9.59 Å². The molecule has 2 rings (SSSR count). The third-order valence-corrected chi connectivity index (χ3v) is 6.31. The molecule has 0 atom stereocenters. The molecule has 0 aromatic heterocycles. The lowest BCUT2D eigenvalue weighted by Crippen LogP contribution is -2.34. The monoisotopic (exact) mass is 567 g/mol. The number of carbonyl (C=O) groups excluding carboxylic acids is 3. The highest BCUT2D eigenvalue weighted by Crippen LogP contribution is 2.28. The zero-order valence-electron chi connectivity index (χ0n) is 24.7. The summed E-state index contributed by atoms with van der Waals surface area (Å²) in [6.07, 6.45) is 13.4. The van der Waals surface area contributed by atoms with Crippen molar-refractivity contribution < 1.29 is 28.6 Å². The van der Waals surface area contributed by atoms with E-state index in [-0.39, 0.29) is 18.2 Å². The number of hydrogen-bond acceptors (Lipinski definition) is 7. The second kappa shape index (κ2) is 20.1. The zero-order chi connectivity index (χ0) is 29.7. The second-order valence-corrected chi connectivity index (χ2v) is 9.82. The summed E-state index contributed by atoms with van der Waals surface area (Å²) in [4.78, 5) is 36.6. The van der Waals surface area contributed by atoms with Crippen LogP contribution in [-0.4, -0.2) is 44.3 Å². The van der Waals surface area contributed by atoms with Gasteiger partial charge < -0.3 is 19.5 Å². The molecule has 0 spiro atoms. The van der Waals surface area contributed by atoms with Crippen LogP contribution in [-0.2, 0) is 9.59 Å². The summed E-state index contributed by atoms with van der Waals surface area (Å²) in [6, 6.07) is 11.6. The Morgan fingerprint density at radius 3 is 2.15 bits per heavy atom. The number of unbranched alkanes of at least 4 members (excludes halogenated alkanes) is 8. The number of benzene rings is 2. The Labute approximate surface area is 244 Å². The lowest BCUT2D eigenvalue weighted by molar-refractivity contribution is -0.126. The first kappa shape index (κ1) is 33.3. The van der Waals surface area contributed by atoms with E-state index >= 15 is 0 Å². The van der Waals surface area contributed by atoms with Gasteiger partial charge in [-0.15, -0.1) is 0 Å². The Balaban J connectivity index is 1.70. The molecule has 0 radical (unpaired) electrons. The average Bonchev–Trinajstić information content (AvgIpc) is 2.99. The predicted octanol–water partition coefficient (Wildman–Crippen LogP) is 6.19. The van der Waals surface area contributed by atoms with Crippen LogP contribution in [0.15, 0.2) is 47.6 Å². The molecule has 0 saturated carbocycles. The third-order valence-electron chi connectivity index (χ3n) is 6.31. The summed E-state index contributed by atoms with van der Waals surface area (Å²) in [7, 11) is 1.46. The van der Waals surface area contributed by atoms with Gasteiger partial charge in [0.2, 0.25) is 5.91 Å². The van der Waals surface area contributed by atoms with Gasteiger partial charge in [0.1, 0.15) is 5.75 Å². The topological polar surface area (TPSA) is 115 Å². The quantitative estimate of drug-likeness (QED) is 0.0648. The van der Waals surface area contributed by atoms with E-state index in [1.807, 2.05) is 6.92 Å². The molecule has 2 aromatic rings. The lowest BCUT2D eigenvalue weighted by atomic mass is 10.1. The number of nitrogens with one attached hydrogen (secondary N) is 2. The van der Waals surface area contributed by atoms with Gasteiger partial charge in [0, 0.05) is 6.42 Å². The molecule has 2 amide bonds. The molecule has 0 aliphatic heterocycles. The molecular formula is C32H45N3O6. The molecule has 41 heavy (non-hydrogen) atoms. The third kappa shape index (κ3) is 13.8. The van der Waals surface area contributed by atoms with Crippen LogP contribution in [0.3, 0.4) is 0 Å². The van der Waals surface area contributed by atoms with E-state index in [9.17, 15) is 14.4 Å². The first-order valence-electron chi connectivity index (χ1n) is 14.7. The van der Waals surface area contributed by atoms with Crippen LogP contribution in [0.25, 0.3) is 0 Å². The molecule has 0 fully saturated rings. The van der Waals surface area contributed by atoms with Crippen molar-refractivity contribution in [3.63, 3.8) is 0 Å². The minimum absolute atomic E-state index is 0.136. The van der Waals surface area contributed by atoms with Gasteiger partial charge in [-0.25, -0.2) is 10.2 Å². The fourth-order valence-electron chi connectivity index (χ4n) is 4.00. The summed E-state index contributed by atoms with van der Waals surface area (Å²) in [5.41, 5.74) is 3.39. The van der Waals surface area contributed by atoms with Crippen molar-refractivity contribution in [1.82, 2.24) is 10.7 Å². The zero-order valence-corrected chi connectivity index (χ0v) is 24.7. The van der Waals surface area contributed by atoms with Crippen LogP contribution < -0.4 is 25.0 Å². The van der Waals surface area contributed by atoms with Gasteiger partial charge in [-0.05, 0) is 60.9 Å². The minimum atomic E-state index is -0.529. The largest absolute Gasteiger partial charge is 0.494 e. The van der Waals surface area contributed by atoms with Crippen LogP contribution in [0, 0.1) is 0 Å². The molecule has 0 unspecified atom stereocenters. The summed E-state index contributed by atoms with van der Waals surface area (Å²) in [6.45, 7) is 4.71. The SMILES string of the molecule is CCCCCCCCCCCC(=O)NCC(=O)N/N=C\c1ccc(OC(=O)c2ccc(OCCC)cc2)c(OC)c1. The van der Waals surface area contributed by atoms with E-state index in [4.69, 9.17) is 14.2 Å². The van der Waals surface area contributed by atoms with Crippen molar-refractivity contribution in [3.8, 4) is 17.2 Å². The van der Waals surface area contributed by atoms with Crippen molar-refractivity contribution in [2.45, 2.75) is 84.5 Å². The molecule has 0 bridgehead atoms. The van der Waals surface area contributed by atoms with Crippen LogP contribution >= 0.6 is 0 Å². The van der Waals surface area contributed by atoms with Crippen molar-refractivity contribution in [1.29, 1.82) is 0 Å². The van der Waals surface area contributed by atoms with Crippen LogP contribution in [0.1, 0.15) is 100 Å². The Morgan fingerprint density at radius 1 is 0.805 bits per heavy atom. The molecule has 2 aromatic carbocycles. The van der Waals surface area contributed by atoms with Crippen molar-refractivity contribution in [2.24, 2.45) is 5.10 Å². The number of carbonyl (C=O) groups is 3. The molecule has 0 aliphatic rings. The maximum Gasteiger partial charge on any atom is 0.343 e. The number of amides is 2. The number of hydrogen-bond donors (Lipinski definition) is 2. The van der Waals surface area contributed by atoms with Crippen molar-refractivity contribution in [2.75, 3.05) is 20.3 Å². The first-order valence-corrected chi connectivity index (χ1v) is 14.7. The van der Waals surface area contributed by atoms with E-state index in [2.05, 4.69) is 22.8 Å². The number of ether oxygens (including phenoxy) is 3. The first-order chi connectivity index (χ1) is 20.0. The highest BCUT2D eigenvalue weighted by Gasteiger charge is 2.13. The standard InChI is InChI=1S/C32H45N3O6/c1-4-6-7-8-9-10-11-12-13-14-30(36)33-24-31(37)35-34-23-25-15-20-28(29(22-25)39-3)41-32(38)26-16-18-27(19-17-26)40-21-5-2/h15-20,22-23H,4-14,21,24H2,1-3H3,(H,33,36)(H,35,37)/b34-23-. The molecule has 9 heteroatoms. The summed E-state index contributed by atoms with van der Waals surface area (Å²) in [5, 5.41) is 6.56. The van der Waals surface area contributed by atoms with Gasteiger partial charge in [0.05, 0.1) is 32.0 Å². The average molecular weight is 568 g/mol. The number of rotatable bonds is 20. The van der Waals surface area contributed by atoms with E-state index in [1.54, 1.807) is 42.5 Å². The van der Waals surface area contributed by atoms with Crippen LogP contribution in [0.5, 0.6) is 17.2 Å². The van der Waals surface area contributed by atoms with Gasteiger partial charge >= 0.3 is 5.97 Å². The van der Waals surface area contributed by atoms with E-state index < -0.39 is 11.9 Å². The molecule has 2 N–H and O–H groups in total. The van der Waals surface area contributed by atoms with E-state index in [0.717, 1.165) is 25.7 Å². The smallest absolute Gasteiger partial charge is 0.343 e. The molecule has 0 saturated heterocycles. The van der Waals surface area contributed by atoms with Gasteiger partial charge in [0.15, 0.2) is 11.5 Å². The normalized spacial score (nSPS) is 10.8. The van der Waals surface area contributed by atoms with Crippen molar-refractivity contribution in [3.05, 3.63) is 53.6 Å². The maximum absolute atomic E-state index is 12.6. The fourth-order valence-corrected chi connectivity index (χ4v) is 4.00. The molecule has 0 heterocycles. The Kier molecular flexibility index (Phi) is 16.3. The van der Waals surface area contributed by atoms with Crippen molar-refractivity contribution >= 4 is 24.0 Å². The highest BCUT2D eigenvalue weighted by molar-refractivity contribution is 5.92. The van der Waals surface area contributed by atoms with Gasteiger partial charge in [0.25, 0.3) is 5.91 Å². The minimum Gasteiger partial charge on any atom is -0.494 e. The fraction of sp³-hybridized carbons (Fsp3) is 0.500. The number of methoxy groups -OCH3 is 1. The maximum atomic E-state index is 12.6. The predicted molar refractivity (Wildman–Crippen MR) is 161 cm³/mol. The molecular weight excluding hydrogens is 522 g/mol. The van der Waals surface area contributed by atoms with E-state index in [0.29, 0.717) is 35.7 Å². The van der Waals surface area contributed by atoms with Gasteiger partial charge in [-0.1, -0.05) is 65.2 Å². The Bertz CT molecular complexity index is 1100. The molecule has 9 nitrogen and oxygen atoms in total. The Morgan fingerprint density at radius 2 is 1.49 bits per heavy atom. The van der Waals surface area contributed by atoms with Gasteiger partial charge in [-0.2, -0.15) is 5.10 Å². The number of hydrazone groups is 1. The molecule has 224 valence electrons. The lowest BCUT2D eigenvalue weighted by Gasteiger charge is -2.10. The number of esters is 1. The summed E-state index contributed by atoms with van der Waals surface area (Å²) < 4.78 is 16.4. The highest BCUT2D eigenvalue weighted by atomic mass is 16.6. The van der Waals surface area contributed by atoms with E-state index in [1.165, 1.54) is 51.8 Å². The number of nitrogens with zero attached hydrogens (tertiary/aromatic N) is 1. The molecule has 0 aliphatic carbocycles. The second-order valence-electron chi connectivity index (χ2n) is 9.82.